The summed E-state index contributed by atoms with van der Waals surface area (Å²) in [7, 11) is 3.34. The number of hydrogen-bond acceptors (Lipinski definition) is 2. The Bertz CT molecular complexity index is 570. The van der Waals surface area contributed by atoms with E-state index in [9.17, 15) is 0 Å². The Morgan fingerprint density at radius 1 is 0.947 bits per heavy atom. The Morgan fingerprint density at radius 3 is 2.26 bits per heavy atom. The lowest BCUT2D eigenvalue weighted by molar-refractivity contribution is 0.410. The van der Waals surface area contributed by atoms with Crippen LogP contribution in [-0.2, 0) is 0 Å². The molecule has 0 radical (unpaired) electrons. The van der Waals surface area contributed by atoms with E-state index in [-0.39, 0.29) is 4.83 Å². The highest BCUT2D eigenvalue weighted by Gasteiger charge is 2.15. The Kier molecular flexibility index (Phi) is 4.88. The minimum Gasteiger partial charge on any atom is -0.496 e. The zero-order chi connectivity index (χ0) is 13.8. The fraction of sp³-hybridized carbons (Fsp3) is 0.200. The van der Waals surface area contributed by atoms with Gasteiger partial charge in [-0.15, -0.1) is 0 Å². The molecule has 0 N–H and O–H groups in total. The molecule has 0 heterocycles. The van der Waals surface area contributed by atoms with Gasteiger partial charge in [0.2, 0.25) is 0 Å². The molecule has 0 spiro atoms. The molecular weight excluding hydrogens is 372 g/mol. The van der Waals surface area contributed by atoms with Crippen molar-refractivity contribution in [3.63, 3.8) is 0 Å². The minimum absolute atomic E-state index is 0.0749. The summed E-state index contributed by atoms with van der Waals surface area (Å²) in [5, 5.41) is 0. The quantitative estimate of drug-likeness (QED) is 0.693. The molecule has 0 aromatic heterocycles. The van der Waals surface area contributed by atoms with E-state index in [0.717, 1.165) is 27.1 Å². The molecule has 2 nitrogen and oxygen atoms in total. The second-order valence-electron chi connectivity index (χ2n) is 4.00. The Hall–Kier alpha value is -1.00. The van der Waals surface area contributed by atoms with E-state index in [1.165, 1.54) is 0 Å². The molecule has 2 rings (SSSR count). The van der Waals surface area contributed by atoms with Crippen LogP contribution in [0.3, 0.4) is 0 Å². The topological polar surface area (TPSA) is 18.5 Å². The Labute approximate surface area is 130 Å². The minimum atomic E-state index is 0.0749. The highest BCUT2D eigenvalue weighted by Crippen LogP contribution is 2.38. The zero-order valence-corrected chi connectivity index (χ0v) is 13.9. The molecule has 1 atom stereocenters. The van der Waals surface area contributed by atoms with E-state index >= 15 is 0 Å². The van der Waals surface area contributed by atoms with Gasteiger partial charge in [0.15, 0.2) is 0 Å². The average Bonchev–Trinajstić information content (AvgIpc) is 2.46. The second-order valence-corrected chi connectivity index (χ2v) is 5.77. The molecule has 0 aliphatic rings. The van der Waals surface area contributed by atoms with Crippen molar-refractivity contribution in [3.8, 4) is 11.5 Å². The van der Waals surface area contributed by atoms with Crippen molar-refractivity contribution in [1.82, 2.24) is 0 Å². The van der Waals surface area contributed by atoms with Crippen molar-refractivity contribution in [2.24, 2.45) is 0 Å². The van der Waals surface area contributed by atoms with Gasteiger partial charge < -0.3 is 9.47 Å². The number of rotatable bonds is 4. The molecule has 0 bridgehead atoms. The molecule has 0 aliphatic carbocycles. The molecular formula is C15H14Br2O2. The number of para-hydroxylation sites is 1. The van der Waals surface area contributed by atoms with Gasteiger partial charge >= 0.3 is 0 Å². The van der Waals surface area contributed by atoms with Crippen molar-refractivity contribution in [3.05, 3.63) is 58.1 Å². The first-order valence-electron chi connectivity index (χ1n) is 5.77. The molecule has 0 aliphatic heterocycles. The van der Waals surface area contributed by atoms with Gasteiger partial charge in [0.05, 0.1) is 23.5 Å². The third kappa shape index (κ3) is 3.12. The third-order valence-corrected chi connectivity index (χ3v) is 4.52. The van der Waals surface area contributed by atoms with Crippen LogP contribution in [0.1, 0.15) is 16.0 Å². The van der Waals surface area contributed by atoms with Crippen molar-refractivity contribution in [2.45, 2.75) is 4.83 Å². The van der Waals surface area contributed by atoms with Gasteiger partial charge in [0.25, 0.3) is 0 Å². The van der Waals surface area contributed by atoms with Crippen LogP contribution in [0.15, 0.2) is 46.9 Å². The van der Waals surface area contributed by atoms with E-state index in [4.69, 9.17) is 9.47 Å². The maximum atomic E-state index is 5.40. The van der Waals surface area contributed by atoms with E-state index in [2.05, 4.69) is 37.9 Å². The summed E-state index contributed by atoms with van der Waals surface area (Å²) in [5.41, 5.74) is 2.24. The monoisotopic (exact) mass is 384 g/mol. The highest BCUT2D eigenvalue weighted by atomic mass is 79.9. The van der Waals surface area contributed by atoms with Crippen molar-refractivity contribution in [1.29, 1.82) is 0 Å². The van der Waals surface area contributed by atoms with Crippen LogP contribution in [0.5, 0.6) is 11.5 Å². The summed E-state index contributed by atoms with van der Waals surface area (Å²) in [6, 6.07) is 14.0. The Morgan fingerprint density at radius 2 is 1.63 bits per heavy atom. The van der Waals surface area contributed by atoms with Gasteiger partial charge in [-0.05, 0) is 39.7 Å². The van der Waals surface area contributed by atoms with Crippen LogP contribution in [0, 0.1) is 0 Å². The molecule has 100 valence electrons. The number of halogens is 2. The number of benzene rings is 2. The van der Waals surface area contributed by atoms with Crippen molar-refractivity contribution in [2.75, 3.05) is 14.2 Å². The second kappa shape index (κ2) is 6.44. The Balaban J connectivity index is 2.38. The predicted octanol–water partition coefficient (Wildman–Crippen LogP) is 4.95. The molecule has 19 heavy (non-hydrogen) atoms. The number of alkyl halides is 1. The summed E-state index contributed by atoms with van der Waals surface area (Å²) < 4.78 is 11.6. The standard InChI is InChI=1S/C15H14Br2O2/c1-18-13-6-4-3-5-11(13)15(17)10-7-8-14(19-2)12(16)9-10/h3-9,15H,1-2H3. The molecule has 4 heteroatoms. The molecule has 0 fully saturated rings. The van der Waals surface area contributed by atoms with E-state index in [1.807, 2.05) is 36.4 Å². The summed E-state index contributed by atoms with van der Waals surface area (Å²) in [6.45, 7) is 0. The highest BCUT2D eigenvalue weighted by molar-refractivity contribution is 9.10. The van der Waals surface area contributed by atoms with Gasteiger partial charge in [0, 0.05) is 5.56 Å². The molecule has 2 aromatic rings. The fourth-order valence-electron chi connectivity index (χ4n) is 1.90. The van der Waals surface area contributed by atoms with Crippen LogP contribution in [0.4, 0.5) is 0 Å². The predicted molar refractivity (Wildman–Crippen MR) is 84.5 cm³/mol. The van der Waals surface area contributed by atoms with E-state index < -0.39 is 0 Å². The lowest BCUT2D eigenvalue weighted by Crippen LogP contribution is -1.97. The third-order valence-electron chi connectivity index (χ3n) is 2.88. The fourth-order valence-corrected chi connectivity index (χ4v) is 3.12. The van der Waals surface area contributed by atoms with Gasteiger partial charge in [0.1, 0.15) is 11.5 Å². The maximum absolute atomic E-state index is 5.40. The SMILES string of the molecule is COc1ccc(C(Br)c2ccccc2OC)cc1Br. The first-order valence-corrected chi connectivity index (χ1v) is 7.48. The smallest absolute Gasteiger partial charge is 0.133 e. The van der Waals surface area contributed by atoms with Crippen LogP contribution < -0.4 is 9.47 Å². The maximum Gasteiger partial charge on any atom is 0.133 e. The number of methoxy groups -OCH3 is 2. The summed E-state index contributed by atoms with van der Waals surface area (Å²) in [5.74, 6) is 1.69. The summed E-state index contributed by atoms with van der Waals surface area (Å²) in [6.07, 6.45) is 0. The average molecular weight is 386 g/mol. The molecule has 0 saturated heterocycles. The van der Waals surface area contributed by atoms with Crippen LogP contribution in [0.25, 0.3) is 0 Å². The lowest BCUT2D eigenvalue weighted by Gasteiger charge is -2.15. The summed E-state index contributed by atoms with van der Waals surface area (Å²) in [4.78, 5) is 0.0749. The first-order chi connectivity index (χ1) is 9.17. The lowest BCUT2D eigenvalue weighted by atomic mass is 10.0. The van der Waals surface area contributed by atoms with Crippen molar-refractivity contribution >= 4 is 31.9 Å². The van der Waals surface area contributed by atoms with Gasteiger partial charge in [-0.2, -0.15) is 0 Å². The molecule has 1 unspecified atom stereocenters. The van der Waals surface area contributed by atoms with Gasteiger partial charge in [-0.1, -0.05) is 40.2 Å². The zero-order valence-electron chi connectivity index (χ0n) is 10.7. The van der Waals surface area contributed by atoms with E-state index in [1.54, 1.807) is 14.2 Å². The molecule has 0 saturated carbocycles. The normalized spacial score (nSPS) is 12.0. The molecule has 0 amide bonds. The number of ether oxygens (including phenoxy) is 2. The summed E-state index contributed by atoms with van der Waals surface area (Å²) >= 11 is 7.23. The van der Waals surface area contributed by atoms with Gasteiger partial charge in [-0.3, -0.25) is 0 Å². The number of hydrogen-bond donors (Lipinski definition) is 0. The van der Waals surface area contributed by atoms with Crippen molar-refractivity contribution < 1.29 is 9.47 Å². The largest absolute Gasteiger partial charge is 0.496 e. The van der Waals surface area contributed by atoms with Crippen LogP contribution >= 0.6 is 31.9 Å². The van der Waals surface area contributed by atoms with Crippen LogP contribution in [-0.4, -0.2) is 14.2 Å². The molecule has 2 aromatic carbocycles. The van der Waals surface area contributed by atoms with Gasteiger partial charge in [-0.25, -0.2) is 0 Å². The van der Waals surface area contributed by atoms with E-state index in [0.29, 0.717) is 0 Å². The van der Waals surface area contributed by atoms with Crippen LogP contribution in [0.2, 0.25) is 0 Å². The first kappa shape index (κ1) is 14.4.